The monoisotopic (exact) mass is 349 g/mol. The van der Waals surface area contributed by atoms with Crippen molar-refractivity contribution in [1.29, 1.82) is 0 Å². The van der Waals surface area contributed by atoms with E-state index in [2.05, 4.69) is 30.7 Å². The fourth-order valence-corrected chi connectivity index (χ4v) is 2.94. The second-order valence-electron chi connectivity index (χ2n) is 5.20. The van der Waals surface area contributed by atoms with Crippen molar-refractivity contribution in [3.05, 3.63) is 58.6 Å². The number of piperazine rings is 1. The molecule has 0 N–H and O–H groups in total. The van der Waals surface area contributed by atoms with Gasteiger partial charge in [0.1, 0.15) is 5.82 Å². The average molecular weight is 350 g/mol. The summed E-state index contributed by atoms with van der Waals surface area (Å²) in [6.07, 6.45) is 3.64. The molecule has 0 saturated carbocycles. The summed E-state index contributed by atoms with van der Waals surface area (Å²) < 4.78 is 14.7. The largest absolute Gasteiger partial charge is 0.369 e. The minimum absolute atomic E-state index is 0.138. The summed E-state index contributed by atoms with van der Waals surface area (Å²) in [5.41, 5.74) is 1.97. The number of rotatable bonds is 3. The molecule has 2 heterocycles. The van der Waals surface area contributed by atoms with Gasteiger partial charge in [0.15, 0.2) is 0 Å². The van der Waals surface area contributed by atoms with Crippen LogP contribution < -0.4 is 4.90 Å². The van der Waals surface area contributed by atoms with E-state index >= 15 is 0 Å². The lowest BCUT2D eigenvalue weighted by Crippen LogP contribution is -2.46. The van der Waals surface area contributed by atoms with Gasteiger partial charge in [-0.1, -0.05) is 22.0 Å². The molecule has 1 aromatic heterocycles. The number of benzene rings is 1. The molecule has 1 aliphatic heterocycles. The molecule has 0 bridgehead atoms. The standard InChI is InChI=1S/C16H17BrFN3/c17-14-2-1-13(16(18)11-14)12-20-7-9-21(10-8-20)15-3-5-19-6-4-15/h1-6,11H,7-10,12H2. The molecule has 1 aromatic carbocycles. The summed E-state index contributed by atoms with van der Waals surface area (Å²) in [5, 5.41) is 0. The number of halogens is 2. The molecule has 0 unspecified atom stereocenters. The number of aromatic nitrogens is 1. The van der Waals surface area contributed by atoms with E-state index < -0.39 is 0 Å². The van der Waals surface area contributed by atoms with E-state index in [0.717, 1.165) is 36.2 Å². The molecule has 1 aliphatic rings. The van der Waals surface area contributed by atoms with Gasteiger partial charge in [0.05, 0.1) is 0 Å². The maximum atomic E-state index is 13.9. The molecular weight excluding hydrogens is 333 g/mol. The van der Waals surface area contributed by atoms with Crippen molar-refractivity contribution >= 4 is 21.6 Å². The first-order valence-corrected chi connectivity index (χ1v) is 7.83. The van der Waals surface area contributed by atoms with E-state index in [9.17, 15) is 4.39 Å². The van der Waals surface area contributed by atoms with Gasteiger partial charge in [-0.2, -0.15) is 0 Å². The molecule has 5 heteroatoms. The predicted molar refractivity (Wildman–Crippen MR) is 85.8 cm³/mol. The molecule has 0 amide bonds. The Labute approximate surface area is 132 Å². The van der Waals surface area contributed by atoms with Gasteiger partial charge in [0.25, 0.3) is 0 Å². The summed E-state index contributed by atoms with van der Waals surface area (Å²) in [7, 11) is 0. The molecule has 3 rings (SSSR count). The predicted octanol–water partition coefficient (Wildman–Crippen LogP) is 3.31. The molecule has 0 atom stereocenters. The highest BCUT2D eigenvalue weighted by atomic mass is 79.9. The highest BCUT2D eigenvalue weighted by Gasteiger charge is 2.18. The van der Waals surface area contributed by atoms with Crippen molar-refractivity contribution in [3.63, 3.8) is 0 Å². The maximum Gasteiger partial charge on any atom is 0.128 e. The molecule has 0 aliphatic carbocycles. The van der Waals surface area contributed by atoms with Gasteiger partial charge in [-0.3, -0.25) is 9.88 Å². The van der Waals surface area contributed by atoms with Gasteiger partial charge in [0.2, 0.25) is 0 Å². The Kier molecular flexibility index (Phi) is 4.51. The number of nitrogens with zero attached hydrogens (tertiary/aromatic N) is 3. The Hall–Kier alpha value is -1.46. The Morgan fingerprint density at radius 1 is 1.05 bits per heavy atom. The molecule has 0 radical (unpaired) electrons. The first kappa shape index (κ1) is 14.5. The van der Waals surface area contributed by atoms with Gasteiger partial charge in [0, 0.05) is 60.8 Å². The molecule has 1 saturated heterocycles. The second kappa shape index (κ2) is 6.54. The topological polar surface area (TPSA) is 19.4 Å². The Balaban J connectivity index is 1.59. The van der Waals surface area contributed by atoms with Crippen molar-refractivity contribution < 1.29 is 4.39 Å². The summed E-state index contributed by atoms with van der Waals surface area (Å²) in [5.74, 6) is -0.138. The zero-order valence-corrected chi connectivity index (χ0v) is 13.3. The average Bonchev–Trinajstić information content (AvgIpc) is 2.52. The first-order valence-electron chi connectivity index (χ1n) is 7.03. The maximum absolute atomic E-state index is 13.9. The Morgan fingerprint density at radius 3 is 2.43 bits per heavy atom. The van der Waals surface area contributed by atoms with Crippen LogP contribution in [0.15, 0.2) is 47.2 Å². The van der Waals surface area contributed by atoms with Crippen LogP contribution >= 0.6 is 15.9 Å². The second-order valence-corrected chi connectivity index (χ2v) is 6.12. The number of anilines is 1. The van der Waals surface area contributed by atoms with Gasteiger partial charge >= 0.3 is 0 Å². The van der Waals surface area contributed by atoms with E-state index in [1.807, 2.05) is 36.7 Å². The van der Waals surface area contributed by atoms with Crippen LogP contribution in [0.2, 0.25) is 0 Å². The molecule has 1 fully saturated rings. The number of hydrogen-bond donors (Lipinski definition) is 0. The van der Waals surface area contributed by atoms with Gasteiger partial charge < -0.3 is 4.90 Å². The lowest BCUT2D eigenvalue weighted by molar-refractivity contribution is 0.246. The van der Waals surface area contributed by atoms with Crippen LogP contribution in [-0.4, -0.2) is 36.1 Å². The quantitative estimate of drug-likeness (QED) is 0.847. The number of hydrogen-bond acceptors (Lipinski definition) is 3. The lowest BCUT2D eigenvalue weighted by Gasteiger charge is -2.36. The zero-order chi connectivity index (χ0) is 14.7. The molecule has 3 nitrogen and oxygen atoms in total. The van der Waals surface area contributed by atoms with Crippen LogP contribution in [0.25, 0.3) is 0 Å². The fraction of sp³-hybridized carbons (Fsp3) is 0.312. The summed E-state index contributed by atoms with van der Waals surface area (Å²) in [6.45, 7) is 4.48. The van der Waals surface area contributed by atoms with Crippen LogP contribution in [0.4, 0.5) is 10.1 Å². The SMILES string of the molecule is Fc1cc(Br)ccc1CN1CCN(c2ccncc2)CC1. The fourth-order valence-electron chi connectivity index (χ4n) is 2.61. The molecule has 21 heavy (non-hydrogen) atoms. The minimum atomic E-state index is -0.138. The normalized spacial score (nSPS) is 16.2. The third-order valence-electron chi connectivity index (χ3n) is 3.81. The van der Waals surface area contributed by atoms with Gasteiger partial charge in [-0.25, -0.2) is 4.39 Å². The van der Waals surface area contributed by atoms with Crippen molar-refractivity contribution in [1.82, 2.24) is 9.88 Å². The molecular formula is C16H17BrFN3. The van der Waals surface area contributed by atoms with Crippen LogP contribution in [0.3, 0.4) is 0 Å². The summed E-state index contributed by atoms with van der Waals surface area (Å²) in [4.78, 5) is 8.68. The smallest absolute Gasteiger partial charge is 0.128 e. The lowest BCUT2D eigenvalue weighted by atomic mass is 10.2. The van der Waals surface area contributed by atoms with Gasteiger partial charge in [-0.05, 0) is 24.3 Å². The highest BCUT2D eigenvalue weighted by molar-refractivity contribution is 9.10. The minimum Gasteiger partial charge on any atom is -0.369 e. The van der Waals surface area contributed by atoms with Crippen molar-refractivity contribution in [2.45, 2.75) is 6.54 Å². The third-order valence-corrected chi connectivity index (χ3v) is 4.30. The van der Waals surface area contributed by atoms with E-state index in [-0.39, 0.29) is 5.82 Å². The van der Waals surface area contributed by atoms with Crippen molar-refractivity contribution in [2.24, 2.45) is 0 Å². The Bertz CT molecular complexity index is 598. The van der Waals surface area contributed by atoms with Gasteiger partial charge in [-0.15, -0.1) is 0 Å². The molecule has 2 aromatic rings. The molecule has 110 valence electrons. The van der Waals surface area contributed by atoms with Crippen LogP contribution in [0.1, 0.15) is 5.56 Å². The van der Waals surface area contributed by atoms with Crippen LogP contribution in [-0.2, 0) is 6.54 Å². The third kappa shape index (κ3) is 3.60. The van der Waals surface area contributed by atoms with Crippen molar-refractivity contribution in [3.8, 4) is 0 Å². The summed E-state index contributed by atoms with van der Waals surface area (Å²) >= 11 is 3.29. The van der Waals surface area contributed by atoms with Crippen LogP contribution in [0, 0.1) is 5.82 Å². The van der Waals surface area contributed by atoms with E-state index in [1.165, 1.54) is 11.8 Å². The van der Waals surface area contributed by atoms with Crippen molar-refractivity contribution in [2.75, 3.05) is 31.1 Å². The zero-order valence-electron chi connectivity index (χ0n) is 11.7. The Morgan fingerprint density at radius 2 is 1.76 bits per heavy atom. The molecule has 0 spiro atoms. The summed E-state index contributed by atoms with van der Waals surface area (Å²) in [6, 6.07) is 9.34. The highest BCUT2D eigenvalue weighted by Crippen LogP contribution is 2.19. The van der Waals surface area contributed by atoms with E-state index in [0.29, 0.717) is 6.54 Å². The van der Waals surface area contributed by atoms with E-state index in [1.54, 1.807) is 0 Å². The van der Waals surface area contributed by atoms with E-state index in [4.69, 9.17) is 0 Å². The number of pyridine rings is 1. The first-order chi connectivity index (χ1) is 10.2. The van der Waals surface area contributed by atoms with Crippen LogP contribution in [0.5, 0.6) is 0 Å².